The molecule has 1 aromatic carbocycles. The molecule has 1 fully saturated rings. The minimum Gasteiger partial charge on any atom is -0.384 e. The van der Waals surface area contributed by atoms with Gasteiger partial charge < -0.3 is 21.7 Å². The molecule has 5 N–H and O–H groups in total. The number of nitrogens with two attached hydrogens (primary N) is 1. The van der Waals surface area contributed by atoms with Crippen LogP contribution in [0.5, 0.6) is 0 Å². The first-order chi connectivity index (χ1) is 13.9. The minimum absolute atomic E-state index is 0.183. The van der Waals surface area contributed by atoms with E-state index in [2.05, 4.69) is 20.9 Å². The number of carbonyl (C=O) groups excluding carboxylic acids is 2. The Kier molecular flexibility index (Phi) is 7.30. The van der Waals surface area contributed by atoms with Crippen LogP contribution >= 0.6 is 23.2 Å². The Balaban J connectivity index is 1.69. The number of rotatable bonds is 7. The summed E-state index contributed by atoms with van der Waals surface area (Å²) in [6.07, 6.45) is 3.59. The van der Waals surface area contributed by atoms with E-state index in [0.717, 1.165) is 30.5 Å². The molecule has 0 radical (unpaired) electrons. The molecule has 7 nitrogen and oxygen atoms in total. The molecule has 154 valence electrons. The standard InChI is InChI=1S/C20H23Cl2N5O2/c21-14-5-3-12(8-15(14)22)9-17(27-20(29)16-2-1-7-24-16)19(28)26-11-13-4-6-18(23)25-10-13/h3-6,8,10,16-17,24H,1-2,7,9,11H2,(H2,23,25)(H,26,28)(H,27,29)/t16-,17?/m1/s1. The third-order valence-electron chi connectivity index (χ3n) is 4.75. The van der Waals surface area contributed by atoms with Gasteiger partial charge in [-0.1, -0.05) is 35.3 Å². The molecular weight excluding hydrogens is 413 g/mol. The maximum absolute atomic E-state index is 12.8. The van der Waals surface area contributed by atoms with Gasteiger partial charge in [0.2, 0.25) is 11.8 Å². The van der Waals surface area contributed by atoms with Gasteiger partial charge in [-0.25, -0.2) is 4.98 Å². The summed E-state index contributed by atoms with van der Waals surface area (Å²) in [6.45, 7) is 1.08. The van der Waals surface area contributed by atoms with Gasteiger partial charge in [0.1, 0.15) is 11.9 Å². The third-order valence-corrected chi connectivity index (χ3v) is 5.49. The van der Waals surface area contributed by atoms with Crippen LogP contribution in [-0.2, 0) is 22.6 Å². The van der Waals surface area contributed by atoms with Crippen molar-refractivity contribution in [3.63, 3.8) is 0 Å². The molecule has 2 aromatic rings. The van der Waals surface area contributed by atoms with Gasteiger partial charge in [-0.15, -0.1) is 0 Å². The van der Waals surface area contributed by atoms with Crippen molar-refractivity contribution >= 4 is 40.8 Å². The van der Waals surface area contributed by atoms with Crippen LogP contribution in [0.4, 0.5) is 5.82 Å². The van der Waals surface area contributed by atoms with Crippen molar-refractivity contribution in [2.45, 2.75) is 37.9 Å². The van der Waals surface area contributed by atoms with Crippen molar-refractivity contribution in [3.8, 4) is 0 Å². The number of hydrogen-bond donors (Lipinski definition) is 4. The Morgan fingerprint density at radius 3 is 2.66 bits per heavy atom. The summed E-state index contributed by atoms with van der Waals surface area (Å²) in [7, 11) is 0. The van der Waals surface area contributed by atoms with Gasteiger partial charge in [-0.05, 0) is 48.7 Å². The number of carbonyl (C=O) groups is 2. The second-order valence-electron chi connectivity index (χ2n) is 6.97. The van der Waals surface area contributed by atoms with Crippen molar-refractivity contribution in [1.29, 1.82) is 0 Å². The van der Waals surface area contributed by atoms with Gasteiger partial charge >= 0.3 is 0 Å². The summed E-state index contributed by atoms with van der Waals surface area (Å²) in [6, 6.07) is 7.60. The van der Waals surface area contributed by atoms with E-state index in [1.165, 1.54) is 0 Å². The second-order valence-corrected chi connectivity index (χ2v) is 7.79. The SMILES string of the molecule is Nc1ccc(CNC(=O)C(Cc2ccc(Cl)c(Cl)c2)NC(=O)[C@H]2CCCN2)cn1. The smallest absolute Gasteiger partial charge is 0.243 e. The van der Waals surface area contributed by atoms with E-state index in [0.29, 0.717) is 22.3 Å². The molecule has 0 bridgehead atoms. The third kappa shape index (κ3) is 6.06. The number of nitrogen functional groups attached to an aromatic ring is 1. The maximum atomic E-state index is 12.8. The molecule has 2 atom stereocenters. The average Bonchev–Trinajstić information content (AvgIpc) is 3.24. The quantitative estimate of drug-likeness (QED) is 0.532. The fourth-order valence-corrected chi connectivity index (χ4v) is 3.47. The summed E-state index contributed by atoms with van der Waals surface area (Å²) < 4.78 is 0. The van der Waals surface area contributed by atoms with Gasteiger partial charge in [0.15, 0.2) is 0 Å². The van der Waals surface area contributed by atoms with Crippen LogP contribution < -0.4 is 21.7 Å². The van der Waals surface area contributed by atoms with Gasteiger partial charge in [-0.2, -0.15) is 0 Å². The van der Waals surface area contributed by atoms with Crippen molar-refractivity contribution in [3.05, 3.63) is 57.7 Å². The highest BCUT2D eigenvalue weighted by Gasteiger charge is 2.27. The number of pyridine rings is 1. The van der Waals surface area contributed by atoms with Crippen molar-refractivity contribution < 1.29 is 9.59 Å². The zero-order valence-electron chi connectivity index (χ0n) is 15.8. The number of hydrogen-bond acceptors (Lipinski definition) is 5. The lowest BCUT2D eigenvalue weighted by molar-refractivity contribution is -0.129. The number of nitrogens with one attached hydrogen (secondary N) is 3. The summed E-state index contributed by atoms with van der Waals surface area (Å²) >= 11 is 12.1. The lowest BCUT2D eigenvalue weighted by Crippen LogP contribution is -2.52. The first-order valence-corrected chi connectivity index (χ1v) is 10.1. The Morgan fingerprint density at radius 1 is 1.21 bits per heavy atom. The van der Waals surface area contributed by atoms with Crippen molar-refractivity contribution in [2.75, 3.05) is 12.3 Å². The van der Waals surface area contributed by atoms with Gasteiger partial charge in [0.05, 0.1) is 16.1 Å². The van der Waals surface area contributed by atoms with Crippen LogP contribution in [0.25, 0.3) is 0 Å². The predicted molar refractivity (Wildman–Crippen MR) is 114 cm³/mol. The lowest BCUT2D eigenvalue weighted by Gasteiger charge is -2.21. The number of halogens is 2. The van der Waals surface area contributed by atoms with E-state index in [9.17, 15) is 9.59 Å². The molecule has 1 aliphatic rings. The molecule has 0 spiro atoms. The largest absolute Gasteiger partial charge is 0.384 e. The van der Waals surface area contributed by atoms with Crippen LogP contribution in [0.1, 0.15) is 24.0 Å². The van der Waals surface area contributed by atoms with Crippen LogP contribution in [0.3, 0.4) is 0 Å². The van der Waals surface area contributed by atoms with E-state index in [4.69, 9.17) is 28.9 Å². The number of aromatic nitrogens is 1. The Hall–Kier alpha value is -2.35. The van der Waals surface area contributed by atoms with Crippen LogP contribution in [0, 0.1) is 0 Å². The summed E-state index contributed by atoms with van der Waals surface area (Å²) in [5, 5.41) is 9.69. The highest BCUT2D eigenvalue weighted by atomic mass is 35.5. The molecule has 2 amide bonds. The number of nitrogens with zero attached hydrogens (tertiary/aromatic N) is 1. The Morgan fingerprint density at radius 2 is 2.00 bits per heavy atom. The molecule has 3 rings (SSSR count). The van der Waals surface area contributed by atoms with E-state index in [1.807, 2.05) is 0 Å². The van der Waals surface area contributed by atoms with Crippen LogP contribution in [0.15, 0.2) is 36.5 Å². The minimum atomic E-state index is -0.746. The molecule has 0 saturated carbocycles. The molecule has 2 heterocycles. The molecular formula is C20H23Cl2N5O2. The number of benzene rings is 1. The fourth-order valence-electron chi connectivity index (χ4n) is 3.15. The predicted octanol–water partition coefficient (Wildman–Crippen LogP) is 2.07. The van der Waals surface area contributed by atoms with Gasteiger partial charge in [0.25, 0.3) is 0 Å². The Bertz CT molecular complexity index is 870. The van der Waals surface area contributed by atoms with Crippen LogP contribution in [-0.4, -0.2) is 35.4 Å². The van der Waals surface area contributed by atoms with E-state index >= 15 is 0 Å². The zero-order chi connectivity index (χ0) is 20.8. The summed E-state index contributed by atoms with van der Waals surface area (Å²) in [4.78, 5) is 29.4. The molecule has 1 aliphatic heterocycles. The van der Waals surface area contributed by atoms with E-state index in [1.54, 1.807) is 36.5 Å². The molecule has 0 aliphatic carbocycles. The number of amides is 2. The Labute approximate surface area is 179 Å². The molecule has 29 heavy (non-hydrogen) atoms. The molecule has 1 unspecified atom stereocenters. The topological polar surface area (TPSA) is 109 Å². The van der Waals surface area contributed by atoms with Gasteiger partial charge in [-0.3, -0.25) is 9.59 Å². The summed E-state index contributed by atoms with van der Waals surface area (Å²) in [5.74, 6) is -0.0648. The zero-order valence-corrected chi connectivity index (χ0v) is 17.3. The second kappa shape index (κ2) is 9.91. The van der Waals surface area contributed by atoms with E-state index < -0.39 is 6.04 Å². The number of anilines is 1. The highest BCUT2D eigenvalue weighted by Crippen LogP contribution is 2.23. The normalized spacial score (nSPS) is 17.0. The molecule has 9 heteroatoms. The van der Waals surface area contributed by atoms with Crippen molar-refractivity contribution in [1.82, 2.24) is 20.9 Å². The van der Waals surface area contributed by atoms with Gasteiger partial charge in [0, 0.05) is 19.2 Å². The first kappa shape index (κ1) is 21.4. The highest BCUT2D eigenvalue weighted by molar-refractivity contribution is 6.42. The average molecular weight is 436 g/mol. The molecule has 1 aromatic heterocycles. The fraction of sp³-hybridized carbons (Fsp3) is 0.350. The lowest BCUT2D eigenvalue weighted by atomic mass is 10.0. The molecule has 1 saturated heterocycles. The summed E-state index contributed by atoms with van der Waals surface area (Å²) in [5.41, 5.74) is 7.19. The van der Waals surface area contributed by atoms with Crippen molar-refractivity contribution in [2.24, 2.45) is 0 Å². The maximum Gasteiger partial charge on any atom is 0.243 e. The monoisotopic (exact) mass is 435 g/mol. The van der Waals surface area contributed by atoms with Crippen LogP contribution in [0.2, 0.25) is 10.0 Å². The first-order valence-electron chi connectivity index (χ1n) is 9.38. The van der Waals surface area contributed by atoms with E-state index in [-0.39, 0.29) is 24.4 Å².